The van der Waals surface area contributed by atoms with Crippen molar-refractivity contribution in [2.45, 2.75) is 23.8 Å². The number of nitrogen functional groups attached to an aromatic ring is 1. The molecule has 0 spiro atoms. The maximum atomic E-state index is 13.9. The van der Waals surface area contributed by atoms with Gasteiger partial charge in [0, 0.05) is 24.8 Å². The van der Waals surface area contributed by atoms with E-state index in [1.807, 2.05) is 19.0 Å². The summed E-state index contributed by atoms with van der Waals surface area (Å²) in [6.07, 6.45) is 1.72. The molecule has 1 unspecified atom stereocenters. The number of likely N-dealkylation sites (N-methyl/N-ethyl adjacent to an activating group) is 1. The fourth-order valence-corrected chi connectivity index (χ4v) is 3.99. The molecule has 0 radical (unpaired) electrons. The highest BCUT2D eigenvalue weighted by Crippen LogP contribution is 2.25. The van der Waals surface area contributed by atoms with Crippen molar-refractivity contribution in [2.24, 2.45) is 0 Å². The smallest absolute Gasteiger partial charge is 0.246 e. The second-order valence-corrected chi connectivity index (χ2v) is 7.22. The van der Waals surface area contributed by atoms with E-state index in [9.17, 15) is 12.8 Å². The summed E-state index contributed by atoms with van der Waals surface area (Å²) in [6.45, 7) is 0.815. The Labute approximate surface area is 119 Å². The first kappa shape index (κ1) is 15.2. The Bertz CT molecular complexity index is 589. The summed E-state index contributed by atoms with van der Waals surface area (Å²) in [7, 11) is 0.0426. The second-order valence-electron chi connectivity index (χ2n) is 5.31. The number of nitrogens with zero attached hydrogens (tertiary/aromatic N) is 2. The van der Waals surface area contributed by atoms with Crippen molar-refractivity contribution in [1.29, 1.82) is 0 Å². The standard InChI is InChI=1S/C13H20FN3O2S/c1-16(2)11-4-3-7-17(9-11)20(18,19)13-6-5-10(15)8-12(13)14/h5-6,8,11H,3-4,7,9,15H2,1-2H3. The summed E-state index contributed by atoms with van der Waals surface area (Å²) >= 11 is 0. The molecule has 1 fully saturated rings. The van der Waals surface area contributed by atoms with Crippen LogP contribution in [0.3, 0.4) is 0 Å². The monoisotopic (exact) mass is 301 g/mol. The number of benzene rings is 1. The minimum Gasteiger partial charge on any atom is -0.399 e. The molecule has 0 saturated carbocycles. The second kappa shape index (κ2) is 5.67. The van der Waals surface area contributed by atoms with Gasteiger partial charge >= 0.3 is 0 Å². The highest BCUT2D eigenvalue weighted by molar-refractivity contribution is 7.89. The number of anilines is 1. The quantitative estimate of drug-likeness (QED) is 0.850. The van der Waals surface area contributed by atoms with E-state index in [0.29, 0.717) is 13.1 Å². The zero-order chi connectivity index (χ0) is 14.9. The molecule has 0 amide bonds. The van der Waals surface area contributed by atoms with Crippen molar-refractivity contribution in [3.63, 3.8) is 0 Å². The molecule has 1 atom stereocenters. The Morgan fingerprint density at radius 1 is 1.40 bits per heavy atom. The molecule has 1 aliphatic heterocycles. The third-order valence-corrected chi connectivity index (χ3v) is 5.56. The van der Waals surface area contributed by atoms with E-state index >= 15 is 0 Å². The lowest BCUT2D eigenvalue weighted by atomic mass is 10.1. The molecule has 1 heterocycles. The van der Waals surface area contributed by atoms with Gasteiger partial charge in [-0.3, -0.25) is 0 Å². The number of halogens is 1. The van der Waals surface area contributed by atoms with Crippen LogP contribution in [-0.4, -0.2) is 50.8 Å². The lowest BCUT2D eigenvalue weighted by Gasteiger charge is -2.35. The molecular formula is C13H20FN3O2S. The number of hydrogen-bond acceptors (Lipinski definition) is 4. The molecule has 0 aliphatic carbocycles. The first-order chi connectivity index (χ1) is 9.32. The minimum absolute atomic E-state index is 0.162. The molecule has 7 heteroatoms. The fourth-order valence-electron chi connectivity index (χ4n) is 2.43. The molecule has 2 N–H and O–H groups in total. The van der Waals surface area contributed by atoms with Gasteiger partial charge in [0.15, 0.2) is 0 Å². The molecule has 1 aromatic carbocycles. The molecule has 0 aromatic heterocycles. The van der Waals surface area contributed by atoms with Crippen LogP contribution < -0.4 is 5.73 Å². The Morgan fingerprint density at radius 3 is 2.70 bits per heavy atom. The summed E-state index contributed by atoms with van der Waals surface area (Å²) in [5.41, 5.74) is 5.67. The van der Waals surface area contributed by atoms with E-state index in [1.54, 1.807) is 0 Å². The van der Waals surface area contributed by atoms with E-state index in [2.05, 4.69) is 0 Å². The van der Waals surface area contributed by atoms with Crippen LogP contribution in [0.5, 0.6) is 0 Å². The van der Waals surface area contributed by atoms with E-state index in [4.69, 9.17) is 5.73 Å². The third kappa shape index (κ3) is 2.94. The first-order valence-corrected chi connectivity index (χ1v) is 7.98. The Balaban J connectivity index is 2.30. The van der Waals surface area contributed by atoms with E-state index in [1.165, 1.54) is 16.4 Å². The van der Waals surface area contributed by atoms with Gasteiger partial charge in [-0.25, -0.2) is 12.8 Å². The minimum atomic E-state index is -3.80. The SMILES string of the molecule is CN(C)C1CCCN(S(=O)(=O)c2ccc(N)cc2F)C1. The van der Waals surface area contributed by atoms with Crippen LogP contribution in [0, 0.1) is 5.82 Å². The van der Waals surface area contributed by atoms with Gasteiger partial charge in [-0.05, 0) is 45.1 Å². The molecule has 0 bridgehead atoms. The number of sulfonamides is 1. The Morgan fingerprint density at radius 2 is 2.10 bits per heavy atom. The topological polar surface area (TPSA) is 66.6 Å². The van der Waals surface area contributed by atoms with Gasteiger partial charge in [0.05, 0.1) is 0 Å². The van der Waals surface area contributed by atoms with Crippen molar-refractivity contribution in [3.05, 3.63) is 24.0 Å². The highest BCUT2D eigenvalue weighted by atomic mass is 32.2. The van der Waals surface area contributed by atoms with Crippen molar-refractivity contribution in [1.82, 2.24) is 9.21 Å². The van der Waals surface area contributed by atoms with E-state index in [-0.39, 0.29) is 16.6 Å². The molecule has 1 aliphatic rings. The summed E-state index contributed by atoms with van der Waals surface area (Å²) in [4.78, 5) is 1.70. The van der Waals surface area contributed by atoms with Gasteiger partial charge < -0.3 is 10.6 Å². The summed E-state index contributed by atoms with van der Waals surface area (Å²) in [5, 5.41) is 0. The van der Waals surface area contributed by atoms with Crippen LogP contribution in [0.25, 0.3) is 0 Å². The molecule has 1 aromatic rings. The predicted molar refractivity (Wildman–Crippen MR) is 76.3 cm³/mol. The van der Waals surface area contributed by atoms with Gasteiger partial charge in [-0.15, -0.1) is 0 Å². The van der Waals surface area contributed by atoms with Crippen LogP contribution in [-0.2, 0) is 10.0 Å². The van der Waals surface area contributed by atoms with E-state index in [0.717, 1.165) is 18.9 Å². The largest absolute Gasteiger partial charge is 0.399 e. The average molecular weight is 301 g/mol. The summed E-state index contributed by atoms with van der Waals surface area (Å²) < 4.78 is 40.2. The lowest BCUT2D eigenvalue weighted by molar-refractivity contribution is 0.190. The average Bonchev–Trinajstić information content (AvgIpc) is 2.38. The fraction of sp³-hybridized carbons (Fsp3) is 0.538. The summed E-state index contributed by atoms with van der Waals surface area (Å²) in [5.74, 6) is -0.794. The first-order valence-electron chi connectivity index (χ1n) is 6.54. The maximum Gasteiger partial charge on any atom is 0.246 e. The van der Waals surface area contributed by atoms with Gasteiger partial charge in [0.1, 0.15) is 10.7 Å². The molecule has 1 saturated heterocycles. The van der Waals surface area contributed by atoms with Gasteiger partial charge in [-0.1, -0.05) is 0 Å². The lowest BCUT2D eigenvalue weighted by Crippen LogP contribution is -2.47. The highest BCUT2D eigenvalue weighted by Gasteiger charge is 2.32. The Hall–Kier alpha value is -1.18. The maximum absolute atomic E-state index is 13.9. The van der Waals surface area contributed by atoms with Gasteiger partial charge in [0.2, 0.25) is 10.0 Å². The van der Waals surface area contributed by atoms with Crippen LogP contribution in [0.2, 0.25) is 0 Å². The van der Waals surface area contributed by atoms with E-state index < -0.39 is 15.8 Å². The predicted octanol–water partition coefficient (Wildman–Crippen LogP) is 1.12. The van der Waals surface area contributed by atoms with Gasteiger partial charge in [0.25, 0.3) is 0 Å². The van der Waals surface area contributed by atoms with Gasteiger partial charge in [-0.2, -0.15) is 4.31 Å². The number of rotatable bonds is 3. The molecular weight excluding hydrogens is 281 g/mol. The Kier molecular flexibility index (Phi) is 4.31. The van der Waals surface area contributed by atoms with Crippen molar-refractivity contribution in [3.8, 4) is 0 Å². The molecule has 5 nitrogen and oxygen atoms in total. The summed E-state index contributed by atoms with van der Waals surface area (Å²) in [6, 6.07) is 3.85. The van der Waals surface area contributed by atoms with Crippen molar-refractivity contribution in [2.75, 3.05) is 32.9 Å². The number of piperidine rings is 1. The number of hydrogen-bond donors (Lipinski definition) is 1. The zero-order valence-corrected chi connectivity index (χ0v) is 12.5. The van der Waals surface area contributed by atoms with Crippen LogP contribution in [0.4, 0.5) is 10.1 Å². The zero-order valence-electron chi connectivity index (χ0n) is 11.7. The normalized spacial score (nSPS) is 21.3. The van der Waals surface area contributed by atoms with Crippen LogP contribution >= 0.6 is 0 Å². The number of nitrogens with two attached hydrogens (primary N) is 1. The molecule has 112 valence electrons. The van der Waals surface area contributed by atoms with Crippen molar-refractivity contribution < 1.29 is 12.8 Å². The molecule has 2 rings (SSSR count). The third-order valence-electron chi connectivity index (χ3n) is 3.66. The van der Waals surface area contributed by atoms with Crippen LogP contribution in [0.15, 0.2) is 23.1 Å². The molecule has 20 heavy (non-hydrogen) atoms. The van der Waals surface area contributed by atoms with Crippen LogP contribution in [0.1, 0.15) is 12.8 Å². The van der Waals surface area contributed by atoms with Crippen molar-refractivity contribution >= 4 is 15.7 Å².